The van der Waals surface area contributed by atoms with Crippen LogP contribution in [0.5, 0.6) is 0 Å². The molecule has 5 heteroatoms. The van der Waals surface area contributed by atoms with E-state index in [0.717, 1.165) is 21.4 Å². The zero-order valence-corrected chi connectivity index (χ0v) is 14.0. The van der Waals surface area contributed by atoms with Gasteiger partial charge in [-0.05, 0) is 42.3 Å². The van der Waals surface area contributed by atoms with Crippen LogP contribution >= 0.6 is 27.3 Å². The molecule has 1 unspecified atom stereocenters. The van der Waals surface area contributed by atoms with Crippen molar-refractivity contribution in [3.8, 4) is 0 Å². The molecule has 0 aliphatic heterocycles. The van der Waals surface area contributed by atoms with Crippen LogP contribution in [-0.4, -0.2) is 4.98 Å². The molecule has 0 bridgehead atoms. The van der Waals surface area contributed by atoms with Crippen molar-refractivity contribution in [3.05, 3.63) is 63.1 Å². The Balaban J connectivity index is 1.90. The number of nitrogens with one attached hydrogen (secondary N) is 1. The third kappa shape index (κ3) is 3.16. The molecule has 1 heterocycles. The van der Waals surface area contributed by atoms with E-state index in [-0.39, 0.29) is 6.04 Å². The Hall–Kier alpha value is -1.27. The lowest BCUT2D eigenvalue weighted by atomic mass is 9.99. The number of para-hydroxylation sites is 1. The molecule has 3 N–H and O–H groups in total. The van der Waals surface area contributed by atoms with Crippen LogP contribution in [0.25, 0.3) is 10.2 Å². The van der Waals surface area contributed by atoms with Crippen LogP contribution in [-0.2, 0) is 6.42 Å². The first-order chi connectivity index (χ1) is 10.2. The molecule has 1 atom stereocenters. The zero-order chi connectivity index (χ0) is 14.8. The SMILES string of the molecule is Cc1cc(Br)ccc1C(Cc1nc2ccccc2s1)NN. The fourth-order valence-corrected chi connectivity index (χ4v) is 3.96. The van der Waals surface area contributed by atoms with Crippen molar-refractivity contribution in [1.29, 1.82) is 0 Å². The number of aryl methyl sites for hydroxylation is 1. The molecule has 0 spiro atoms. The van der Waals surface area contributed by atoms with Crippen LogP contribution in [0, 0.1) is 6.92 Å². The summed E-state index contributed by atoms with van der Waals surface area (Å²) in [5, 5.41) is 1.10. The maximum Gasteiger partial charge on any atom is 0.0958 e. The Bertz CT molecular complexity index is 736. The highest BCUT2D eigenvalue weighted by atomic mass is 79.9. The molecule has 3 rings (SSSR count). The highest BCUT2D eigenvalue weighted by Crippen LogP contribution is 2.28. The van der Waals surface area contributed by atoms with Gasteiger partial charge in [0.25, 0.3) is 0 Å². The minimum atomic E-state index is 0.0682. The number of thiazole rings is 1. The van der Waals surface area contributed by atoms with Gasteiger partial charge in [0.05, 0.1) is 21.3 Å². The van der Waals surface area contributed by atoms with E-state index in [1.54, 1.807) is 11.3 Å². The van der Waals surface area contributed by atoms with E-state index in [1.807, 2.05) is 24.3 Å². The van der Waals surface area contributed by atoms with Crippen molar-refractivity contribution in [1.82, 2.24) is 10.4 Å². The first-order valence-corrected chi connectivity index (χ1v) is 8.35. The Morgan fingerprint density at radius 2 is 2.10 bits per heavy atom. The lowest BCUT2D eigenvalue weighted by molar-refractivity contribution is 0.548. The number of rotatable bonds is 4. The van der Waals surface area contributed by atoms with Gasteiger partial charge in [-0.15, -0.1) is 11.3 Å². The molecule has 2 aromatic carbocycles. The van der Waals surface area contributed by atoms with E-state index >= 15 is 0 Å². The predicted octanol–water partition coefficient (Wildman–Crippen LogP) is 4.11. The van der Waals surface area contributed by atoms with Crippen LogP contribution in [0.15, 0.2) is 46.9 Å². The van der Waals surface area contributed by atoms with Gasteiger partial charge in [-0.3, -0.25) is 11.3 Å². The molecule has 108 valence electrons. The van der Waals surface area contributed by atoms with Crippen molar-refractivity contribution in [2.45, 2.75) is 19.4 Å². The molecule has 0 aliphatic carbocycles. The van der Waals surface area contributed by atoms with Gasteiger partial charge in [0.2, 0.25) is 0 Å². The monoisotopic (exact) mass is 361 g/mol. The van der Waals surface area contributed by atoms with Crippen LogP contribution in [0.4, 0.5) is 0 Å². The summed E-state index contributed by atoms with van der Waals surface area (Å²) < 4.78 is 2.30. The molecule has 0 fully saturated rings. The van der Waals surface area contributed by atoms with Gasteiger partial charge in [-0.1, -0.05) is 34.1 Å². The van der Waals surface area contributed by atoms with Crippen LogP contribution in [0.1, 0.15) is 22.2 Å². The lowest BCUT2D eigenvalue weighted by Gasteiger charge is -2.17. The second-order valence-corrected chi connectivity index (χ2v) is 7.03. The number of nitrogens with zero attached hydrogens (tertiary/aromatic N) is 1. The number of halogens is 1. The molecule has 3 aromatic rings. The highest BCUT2D eigenvalue weighted by Gasteiger charge is 2.15. The van der Waals surface area contributed by atoms with Crippen LogP contribution < -0.4 is 11.3 Å². The maximum absolute atomic E-state index is 5.77. The summed E-state index contributed by atoms with van der Waals surface area (Å²) in [7, 11) is 0. The zero-order valence-electron chi connectivity index (χ0n) is 11.6. The summed E-state index contributed by atoms with van der Waals surface area (Å²) in [5.41, 5.74) is 6.40. The number of hydrazine groups is 1. The second-order valence-electron chi connectivity index (χ2n) is 5.00. The van der Waals surface area contributed by atoms with E-state index in [0.29, 0.717) is 0 Å². The second kappa shape index (κ2) is 6.23. The minimum Gasteiger partial charge on any atom is -0.271 e. The van der Waals surface area contributed by atoms with E-state index in [9.17, 15) is 0 Å². The van der Waals surface area contributed by atoms with E-state index in [2.05, 4.69) is 51.5 Å². The van der Waals surface area contributed by atoms with Crippen LogP contribution in [0.3, 0.4) is 0 Å². The number of hydrogen-bond donors (Lipinski definition) is 2. The molecular weight excluding hydrogens is 346 g/mol. The van der Waals surface area contributed by atoms with Gasteiger partial charge in [-0.25, -0.2) is 4.98 Å². The third-order valence-corrected chi connectivity index (χ3v) is 5.08. The summed E-state index contributed by atoms with van der Waals surface area (Å²) >= 11 is 5.22. The fourth-order valence-electron chi connectivity index (χ4n) is 2.47. The Kier molecular flexibility index (Phi) is 4.35. The summed E-state index contributed by atoms with van der Waals surface area (Å²) in [4.78, 5) is 4.69. The van der Waals surface area contributed by atoms with Gasteiger partial charge in [0.15, 0.2) is 0 Å². The Morgan fingerprint density at radius 1 is 1.29 bits per heavy atom. The molecule has 0 radical (unpaired) electrons. The van der Waals surface area contributed by atoms with Crippen molar-refractivity contribution in [3.63, 3.8) is 0 Å². The number of hydrogen-bond acceptors (Lipinski definition) is 4. The number of aromatic nitrogens is 1. The van der Waals surface area contributed by atoms with E-state index in [4.69, 9.17) is 5.84 Å². The molecule has 0 aliphatic rings. The lowest BCUT2D eigenvalue weighted by Crippen LogP contribution is -2.30. The standard InChI is InChI=1S/C16H16BrN3S/c1-10-8-11(17)6-7-12(10)14(20-18)9-16-19-13-4-2-3-5-15(13)21-16/h2-8,14,20H,9,18H2,1H3. The quantitative estimate of drug-likeness (QED) is 0.542. The fraction of sp³-hybridized carbons (Fsp3) is 0.188. The van der Waals surface area contributed by atoms with Gasteiger partial charge in [-0.2, -0.15) is 0 Å². The average molecular weight is 362 g/mol. The summed E-state index contributed by atoms with van der Waals surface area (Å²) in [5.74, 6) is 5.77. The van der Waals surface area contributed by atoms with E-state index in [1.165, 1.54) is 15.8 Å². The smallest absolute Gasteiger partial charge is 0.0958 e. The number of fused-ring (bicyclic) bond motifs is 1. The number of nitrogens with two attached hydrogens (primary N) is 1. The molecule has 3 nitrogen and oxygen atoms in total. The maximum atomic E-state index is 5.77. The first kappa shape index (κ1) is 14.7. The third-order valence-electron chi connectivity index (χ3n) is 3.53. The molecule has 0 saturated heterocycles. The van der Waals surface area contributed by atoms with Gasteiger partial charge < -0.3 is 0 Å². The molecule has 1 aromatic heterocycles. The average Bonchev–Trinajstić information content (AvgIpc) is 2.87. The van der Waals surface area contributed by atoms with E-state index < -0.39 is 0 Å². The molecular formula is C16H16BrN3S. The summed E-state index contributed by atoms with van der Waals surface area (Å²) in [6.07, 6.45) is 0.790. The molecule has 21 heavy (non-hydrogen) atoms. The van der Waals surface area contributed by atoms with Crippen molar-refractivity contribution in [2.75, 3.05) is 0 Å². The molecule has 0 saturated carbocycles. The highest BCUT2D eigenvalue weighted by molar-refractivity contribution is 9.10. The predicted molar refractivity (Wildman–Crippen MR) is 92.3 cm³/mol. The largest absolute Gasteiger partial charge is 0.271 e. The van der Waals surface area contributed by atoms with Crippen LogP contribution in [0.2, 0.25) is 0 Å². The Morgan fingerprint density at radius 3 is 2.81 bits per heavy atom. The van der Waals surface area contributed by atoms with Gasteiger partial charge in [0.1, 0.15) is 0 Å². The minimum absolute atomic E-state index is 0.0682. The van der Waals surface area contributed by atoms with Gasteiger partial charge >= 0.3 is 0 Å². The topological polar surface area (TPSA) is 50.9 Å². The summed E-state index contributed by atoms with van der Waals surface area (Å²) in [6.45, 7) is 2.10. The first-order valence-electron chi connectivity index (χ1n) is 6.74. The van der Waals surface area contributed by atoms with Crippen molar-refractivity contribution < 1.29 is 0 Å². The normalized spacial score (nSPS) is 12.7. The molecule has 0 amide bonds. The number of benzene rings is 2. The van der Waals surface area contributed by atoms with Crippen molar-refractivity contribution in [2.24, 2.45) is 5.84 Å². The van der Waals surface area contributed by atoms with Gasteiger partial charge in [0, 0.05) is 10.9 Å². The Labute approximate surface area is 136 Å². The van der Waals surface area contributed by atoms with Crippen molar-refractivity contribution >= 4 is 37.5 Å². The summed E-state index contributed by atoms with van der Waals surface area (Å²) in [6, 6.07) is 14.5.